The van der Waals surface area contributed by atoms with Crippen molar-refractivity contribution in [1.82, 2.24) is 5.16 Å². The van der Waals surface area contributed by atoms with Crippen molar-refractivity contribution in [3.63, 3.8) is 0 Å². The number of aryl methyl sites for hydroxylation is 1. The number of para-hydroxylation sites is 1. The van der Waals surface area contributed by atoms with Gasteiger partial charge in [0.15, 0.2) is 0 Å². The van der Waals surface area contributed by atoms with E-state index < -0.39 is 0 Å². The largest absolute Gasteiger partial charge is 0.360 e. The van der Waals surface area contributed by atoms with Gasteiger partial charge in [-0.05, 0) is 31.2 Å². The lowest BCUT2D eigenvalue weighted by molar-refractivity contribution is 0.0990. The van der Waals surface area contributed by atoms with Crippen molar-refractivity contribution in [2.24, 2.45) is 0 Å². The van der Waals surface area contributed by atoms with Crippen molar-refractivity contribution in [3.8, 4) is 0 Å². The number of hydrogen-bond acceptors (Lipinski definition) is 4. The van der Waals surface area contributed by atoms with Crippen molar-refractivity contribution < 1.29 is 9.32 Å². The standard InChI is InChI=1S/C19H18N2O2S/c1-14-12-16(23-20-14)13-24-18-11-7-6-10-17(18)19(22)21(2)15-8-4-3-5-9-15/h3-12H,13H2,1-2H3. The van der Waals surface area contributed by atoms with Crippen molar-refractivity contribution in [2.45, 2.75) is 17.6 Å². The molecule has 0 aliphatic rings. The molecule has 0 fully saturated rings. The Hall–Kier alpha value is -2.53. The molecule has 0 atom stereocenters. The number of aromatic nitrogens is 1. The van der Waals surface area contributed by atoms with Gasteiger partial charge in [-0.15, -0.1) is 11.8 Å². The molecule has 4 nitrogen and oxygen atoms in total. The number of rotatable bonds is 5. The van der Waals surface area contributed by atoms with Gasteiger partial charge >= 0.3 is 0 Å². The summed E-state index contributed by atoms with van der Waals surface area (Å²) in [5, 5.41) is 3.89. The van der Waals surface area contributed by atoms with Crippen LogP contribution in [0.3, 0.4) is 0 Å². The summed E-state index contributed by atoms with van der Waals surface area (Å²) in [6.07, 6.45) is 0. The minimum Gasteiger partial charge on any atom is -0.360 e. The number of hydrogen-bond donors (Lipinski definition) is 0. The zero-order valence-corrected chi connectivity index (χ0v) is 14.4. The molecule has 0 spiro atoms. The van der Waals surface area contributed by atoms with E-state index >= 15 is 0 Å². The normalized spacial score (nSPS) is 10.6. The van der Waals surface area contributed by atoms with Gasteiger partial charge in [-0.25, -0.2) is 0 Å². The maximum absolute atomic E-state index is 12.9. The summed E-state index contributed by atoms with van der Waals surface area (Å²) < 4.78 is 5.24. The summed E-state index contributed by atoms with van der Waals surface area (Å²) in [6.45, 7) is 1.89. The summed E-state index contributed by atoms with van der Waals surface area (Å²) >= 11 is 1.57. The summed E-state index contributed by atoms with van der Waals surface area (Å²) in [5.74, 6) is 1.41. The lowest BCUT2D eigenvalue weighted by Crippen LogP contribution is -2.26. The highest BCUT2D eigenvalue weighted by atomic mass is 32.2. The van der Waals surface area contributed by atoms with Crippen LogP contribution in [0.5, 0.6) is 0 Å². The van der Waals surface area contributed by atoms with E-state index in [9.17, 15) is 4.79 Å². The highest BCUT2D eigenvalue weighted by Gasteiger charge is 2.17. The molecule has 1 amide bonds. The maximum Gasteiger partial charge on any atom is 0.259 e. The molecule has 0 unspecified atom stereocenters. The van der Waals surface area contributed by atoms with E-state index in [4.69, 9.17) is 4.52 Å². The molecule has 0 saturated carbocycles. The number of carbonyl (C=O) groups excluding carboxylic acids is 1. The molecule has 3 aromatic rings. The number of amides is 1. The zero-order chi connectivity index (χ0) is 16.9. The SMILES string of the molecule is Cc1cc(CSc2ccccc2C(=O)N(C)c2ccccc2)on1. The van der Waals surface area contributed by atoms with Crippen LogP contribution in [0.1, 0.15) is 21.8 Å². The zero-order valence-electron chi connectivity index (χ0n) is 13.6. The first kappa shape index (κ1) is 16.3. The van der Waals surface area contributed by atoms with Gasteiger partial charge in [0.05, 0.1) is 17.0 Å². The molecular weight excluding hydrogens is 320 g/mol. The van der Waals surface area contributed by atoms with E-state index in [1.54, 1.807) is 23.7 Å². The number of thioether (sulfide) groups is 1. The highest BCUT2D eigenvalue weighted by molar-refractivity contribution is 7.98. The van der Waals surface area contributed by atoms with Gasteiger partial charge in [-0.1, -0.05) is 35.5 Å². The predicted octanol–water partition coefficient (Wildman–Crippen LogP) is 4.55. The smallest absolute Gasteiger partial charge is 0.259 e. The van der Waals surface area contributed by atoms with Gasteiger partial charge in [0.2, 0.25) is 0 Å². The Balaban J connectivity index is 1.79. The van der Waals surface area contributed by atoms with Crippen molar-refractivity contribution in [2.75, 3.05) is 11.9 Å². The minimum absolute atomic E-state index is 0.0296. The fourth-order valence-electron chi connectivity index (χ4n) is 2.35. The Morgan fingerprint density at radius 3 is 2.54 bits per heavy atom. The Morgan fingerprint density at radius 1 is 1.12 bits per heavy atom. The van der Waals surface area contributed by atoms with Gasteiger partial charge in [0, 0.05) is 23.7 Å². The van der Waals surface area contributed by atoms with E-state index in [2.05, 4.69) is 5.16 Å². The Morgan fingerprint density at radius 2 is 1.83 bits per heavy atom. The number of anilines is 1. The van der Waals surface area contributed by atoms with E-state index in [1.165, 1.54) is 0 Å². The third-order valence-electron chi connectivity index (χ3n) is 3.61. The average molecular weight is 338 g/mol. The fraction of sp³-hybridized carbons (Fsp3) is 0.158. The summed E-state index contributed by atoms with van der Waals surface area (Å²) in [4.78, 5) is 15.5. The maximum atomic E-state index is 12.9. The molecule has 0 saturated heterocycles. The second-order valence-corrected chi connectivity index (χ2v) is 6.44. The highest BCUT2D eigenvalue weighted by Crippen LogP contribution is 2.28. The van der Waals surface area contributed by atoms with Crippen LogP contribution in [0.2, 0.25) is 0 Å². The van der Waals surface area contributed by atoms with Gasteiger partial charge < -0.3 is 9.42 Å². The van der Waals surface area contributed by atoms with Crippen LogP contribution in [0.4, 0.5) is 5.69 Å². The van der Waals surface area contributed by atoms with E-state index in [0.717, 1.165) is 22.0 Å². The van der Waals surface area contributed by atoms with Gasteiger partial charge in [-0.2, -0.15) is 0 Å². The van der Waals surface area contributed by atoms with Crippen LogP contribution in [0.15, 0.2) is 70.1 Å². The molecule has 1 aromatic heterocycles. The molecule has 0 aliphatic carbocycles. The van der Waals surface area contributed by atoms with Crippen LogP contribution in [-0.2, 0) is 5.75 Å². The van der Waals surface area contributed by atoms with Crippen LogP contribution in [-0.4, -0.2) is 18.1 Å². The second kappa shape index (κ2) is 7.36. The molecule has 5 heteroatoms. The summed E-state index contributed by atoms with van der Waals surface area (Å²) in [6, 6.07) is 19.2. The third-order valence-corrected chi connectivity index (χ3v) is 4.71. The molecule has 0 aliphatic heterocycles. The molecule has 24 heavy (non-hydrogen) atoms. The lowest BCUT2D eigenvalue weighted by atomic mass is 10.2. The topological polar surface area (TPSA) is 46.3 Å². The van der Waals surface area contributed by atoms with Gasteiger partial charge in [-0.3, -0.25) is 4.79 Å². The molecule has 1 heterocycles. The Bertz CT molecular complexity index is 830. The molecule has 0 N–H and O–H groups in total. The van der Waals surface area contributed by atoms with Crippen LogP contribution in [0.25, 0.3) is 0 Å². The molecule has 122 valence electrons. The van der Waals surface area contributed by atoms with E-state index in [1.807, 2.05) is 67.6 Å². The predicted molar refractivity (Wildman–Crippen MR) is 96.4 cm³/mol. The Labute approximate surface area is 145 Å². The lowest BCUT2D eigenvalue weighted by Gasteiger charge is -2.18. The third kappa shape index (κ3) is 3.68. The van der Waals surface area contributed by atoms with Crippen LogP contribution >= 0.6 is 11.8 Å². The van der Waals surface area contributed by atoms with E-state index in [0.29, 0.717) is 11.3 Å². The van der Waals surface area contributed by atoms with Crippen molar-refractivity contribution in [3.05, 3.63) is 77.7 Å². The molecule has 0 bridgehead atoms. The van der Waals surface area contributed by atoms with Crippen molar-refractivity contribution >= 4 is 23.4 Å². The second-order valence-electron chi connectivity index (χ2n) is 5.42. The summed E-state index contributed by atoms with van der Waals surface area (Å²) in [5.41, 5.74) is 2.41. The average Bonchev–Trinajstić information content (AvgIpc) is 3.05. The molecule has 2 aromatic carbocycles. The molecule has 0 radical (unpaired) electrons. The Kier molecular flexibility index (Phi) is 5.01. The van der Waals surface area contributed by atoms with Gasteiger partial charge in [0.1, 0.15) is 5.76 Å². The summed E-state index contributed by atoms with van der Waals surface area (Å²) in [7, 11) is 1.79. The first-order chi connectivity index (χ1) is 11.6. The number of carbonyl (C=O) groups is 1. The number of benzene rings is 2. The van der Waals surface area contributed by atoms with Crippen LogP contribution in [0, 0.1) is 6.92 Å². The fourth-order valence-corrected chi connectivity index (χ4v) is 3.27. The minimum atomic E-state index is -0.0296. The van der Waals surface area contributed by atoms with Crippen LogP contribution < -0.4 is 4.90 Å². The number of nitrogens with zero attached hydrogens (tertiary/aromatic N) is 2. The molecule has 3 rings (SSSR count). The van der Waals surface area contributed by atoms with Gasteiger partial charge in [0.25, 0.3) is 5.91 Å². The quantitative estimate of drug-likeness (QED) is 0.640. The monoisotopic (exact) mass is 338 g/mol. The van der Waals surface area contributed by atoms with E-state index in [-0.39, 0.29) is 5.91 Å². The van der Waals surface area contributed by atoms with Crippen molar-refractivity contribution in [1.29, 1.82) is 0 Å². The first-order valence-corrected chi connectivity index (χ1v) is 8.61. The molecular formula is C19H18N2O2S. The first-order valence-electron chi connectivity index (χ1n) is 7.62.